The Morgan fingerprint density at radius 3 is 1.46 bits per heavy atom. The lowest BCUT2D eigenvalue weighted by atomic mass is 9.67. The summed E-state index contributed by atoms with van der Waals surface area (Å²) < 4.78 is 13.7. The van der Waals surface area contributed by atoms with Gasteiger partial charge in [0.15, 0.2) is 40.5 Å². The van der Waals surface area contributed by atoms with Crippen molar-refractivity contribution in [1.29, 1.82) is 0 Å². The van der Waals surface area contributed by atoms with E-state index in [2.05, 4.69) is 176 Å². The third-order valence-corrected chi connectivity index (χ3v) is 12.3. The van der Waals surface area contributed by atoms with Crippen LogP contribution in [-0.4, -0.2) is 15.0 Å². The summed E-state index contributed by atoms with van der Waals surface area (Å²) in [7, 11) is 0. The second-order valence-corrected chi connectivity index (χ2v) is 15.9. The van der Waals surface area contributed by atoms with Crippen molar-refractivity contribution in [3.63, 3.8) is 0 Å². The van der Waals surface area contributed by atoms with Crippen molar-refractivity contribution in [3.05, 3.63) is 247 Å². The highest BCUT2D eigenvalue weighted by atomic mass is 16.6. The van der Waals surface area contributed by atoms with E-state index in [0.29, 0.717) is 40.5 Å². The van der Waals surface area contributed by atoms with Crippen molar-refractivity contribution >= 4 is 0 Å². The third kappa shape index (κ3) is 6.13. The molecule has 5 heteroatoms. The summed E-state index contributed by atoms with van der Waals surface area (Å²) in [6, 6.07) is 77.8. The Bertz CT molecular complexity index is 3280. The van der Waals surface area contributed by atoms with E-state index in [1.807, 2.05) is 48.5 Å². The highest BCUT2D eigenvalue weighted by molar-refractivity contribution is 5.89. The topological polar surface area (TPSA) is 57.1 Å². The fraction of sp³-hybridized carbons (Fsp3) is 0.0172. The first-order valence-electron chi connectivity index (χ1n) is 21.2. The lowest BCUT2D eigenvalue weighted by Gasteiger charge is -2.34. The number of para-hydroxylation sites is 1. The van der Waals surface area contributed by atoms with Gasteiger partial charge in [-0.1, -0.05) is 200 Å². The Balaban J connectivity index is 0.920. The van der Waals surface area contributed by atoms with Crippen molar-refractivity contribution in [2.45, 2.75) is 5.41 Å². The predicted molar refractivity (Wildman–Crippen MR) is 251 cm³/mol. The highest BCUT2D eigenvalue weighted by Gasteiger charge is 2.47. The van der Waals surface area contributed by atoms with Gasteiger partial charge in [-0.2, -0.15) is 0 Å². The molecule has 0 radical (unpaired) electrons. The number of hydrogen-bond donors (Lipinski definition) is 0. The molecule has 0 N–H and O–H groups in total. The van der Waals surface area contributed by atoms with Gasteiger partial charge in [-0.3, -0.25) is 0 Å². The zero-order chi connectivity index (χ0) is 41.7. The molecule has 0 unspecified atom stereocenters. The van der Waals surface area contributed by atoms with E-state index in [0.717, 1.165) is 44.5 Å². The summed E-state index contributed by atoms with van der Waals surface area (Å²) in [6.07, 6.45) is 0. The zero-order valence-corrected chi connectivity index (χ0v) is 34.0. The van der Waals surface area contributed by atoms with Crippen LogP contribution >= 0.6 is 0 Å². The van der Waals surface area contributed by atoms with E-state index in [-0.39, 0.29) is 0 Å². The molecular weight excluding hydrogens is 771 g/mol. The minimum Gasteiger partial charge on any atom is -0.449 e. The number of fused-ring (bicyclic) bond motifs is 5. The number of benzene rings is 9. The van der Waals surface area contributed by atoms with Crippen LogP contribution in [0, 0.1) is 0 Å². The molecule has 2 heterocycles. The van der Waals surface area contributed by atoms with Crippen LogP contribution in [0.4, 0.5) is 0 Å². The van der Waals surface area contributed by atoms with E-state index >= 15 is 0 Å². The number of aromatic nitrogens is 3. The molecule has 2 aliphatic rings. The van der Waals surface area contributed by atoms with Crippen molar-refractivity contribution in [1.82, 2.24) is 15.0 Å². The highest BCUT2D eigenvalue weighted by Crippen LogP contribution is 2.60. The van der Waals surface area contributed by atoms with Gasteiger partial charge in [0.2, 0.25) is 0 Å². The van der Waals surface area contributed by atoms with Crippen LogP contribution in [0.25, 0.3) is 67.5 Å². The Morgan fingerprint density at radius 1 is 0.286 bits per heavy atom. The standard InChI is InChI=1S/C58H37N3O2/c1-5-17-38(18-6-1)42-21-15-22-43(35-42)57-60-55(40-19-7-2-8-20-40)59-56(61-57)41-33-31-39(32-34-41)46-28-16-30-51-54(46)63-52-36-48-47-27-13-14-29-49(47)58(44-23-9-3-10-24-44,45-25-11-4-12-26-45)50(48)37-53(52)62-51/h1-37H. The molecule has 0 saturated carbocycles. The summed E-state index contributed by atoms with van der Waals surface area (Å²) in [5, 5.41) is 0. The Morgan fingerprint density at radius 2 is 0.778 bits per heavy atom. The normalized spacial score (nSPS) is 12.8. The van der Waals surface area contributed by atoms with Gasteiger partial charge in [-0.15, -0.1) is 0 Å². The number of nitrogens with zero attached hydrogens (tertiary/aromatic N) is 3. The summed E-state index contributed by atoms with van der Waals surface area (Å²) >= 11 is 0. The molecule has 0 amide bonds. The van der Waals surface area contributed by atoms with Gasteiger partial charge in [0.05, 0.1) is 5.41 Å². The molecule has 1 aliphatic heterocycles. The van der Waals surface area contributed by atoms with E-state index < -0.39 is 5.41 Å². The first kappa shape index (κ1) is 36.4. The SMILES string of the molecule is c1ccc(-c2cccc(-c3nc(-c4ccccc4)nc(-c4ccc(-c5cccc6c5Oc5cc7c(cc5O6)C(c5ccccc5)(c5ccccc5)c5ccccc5-7)cc4)n3)c2)cc1. The van der Waals surface area contributed by atoms with Gasteiger partial charge in [0.25, 0.3) is 0 Å². The largest absolute Gasteiger partial charge is 0.449 e. The number of ether oxygens (including phenoxy) is 2. The lowest BCUT2D eigenvalue weighted by molar-refractivity contribution is 0.360. The maximum absolute atomic E-state index is 6.91. The predicted octanol–water partition coefficient (Wildman–Crippen LogP) is 14.5. The minimum absolute atomic E-state index is 0.538. The van der Waals surface area contributed by atoms with Gasteiger partial charge in [0.1, 0.15) is 0 Å². The van der Waals surface area contributed by atoms with Crippen LogP contribution in [0.3, 0.4) is 0 Å². The third-order valence-electron chi connectivity index (χ3n) is 12.3. The molecule has 296 valence electrons. The average Bonchev–Trinajstić information content (AvgIpc) is 3.65. The van der Waals surface area contributed by atoms with Gasteiger partial charge < -0.3 is 9.47 Å². The average molecular weight is 808 g/mol. The van der Waals surface area contributed by atoms with Gasteiger partial charge >= 0.3 is 0 Å². The van der Waals surface area contributed by atoms with Crippen molar-refractivity contribution in [2.75, 3.05) is 0 Å². The van der Waals surface area contributed by atoms with E-state index in [1.165, 1.54) is 27.8 Å². The van der Waals surface area contributed by atoms with Crippen LogP contribution < -0.4 is 9.47 Å². The molecular formula is C58H37N3O2. The van der Waals surface area contributed by atoms with Gasteiger partial charge in [-0.05, 0) is 74.3 Å². The van der Waals surface area contributed by atoms with Crippen LogP contribution in [-0.2, 0) is 5.41 Å². The quantitative estimate of drug-likeness (QED) is 0.161. The molecule has 1 aliphatic carbocycles. The maximum atomic E-state index is 6.91. The summed E-state index contributed by atoms with van der Waals surface area (Å²) in [4.78, 5) is 15.0. The molecule has 0 atom stereocenters. The number of rotatable bonds is 7. The summed E-state index contributed by atoms with van der Waals surface area (Å²) in [5.74, 6) is 4.53. The Labute approximate surface area is 365 Å². The molecule has 9 aromatic carbocycles. The minimum atomic E-state index is -0.538. The Hall–Kier alpha value is -8.41. The van der Waals surface area contributed by atoms with Crippen LogP contribution in [0.5, 0.6) is 23.0 Å². The van der Waals surface area contributed by atoms with Crippen LogP contribution in [0.15, 0.2) is 224 Å². The van der Waals surface area contributed by atoms with E-state index in [4.69, 9.17) is 24.4 Å². The first-order valence-corrected chi connectivity index (χ1v) is 21.2. The molecule has 5 nitrogen and oxygen atoms in total. The van der Waals surface area contributed by atoms with Crippen LogP contribution in [0.1, 0.15) is 22.3 Å². The summed E-state index contributed by atoms with van der Waals surface area (Å²) in [5.41, 5.74) is 13.4. The van der Waals surface area contributed by atoms with E-state index in [1.54, 1.807) is 0 Å². The number of hydrogen-bond acceptors (Lipinski definition) is 5. The zero-order valence-electron chi connectivity index (χ0n) is 34.0. The Kier molecular flexibility index (Phi) is 8.64. The monoisotopic (exact) mass is 807 g/mol. The molecule has 63 heavy (non-hydrogen) atoms. The molecule has 0 bridgehead atoms. The molecule has 10 aromatic rings. The van der Waals surface area contributed by atoms with Crippen molar-refractivity contribution in [2.24, 2.45) is 0 Å². The summed E-state index contributed by atoms with van der Waals surface area (Å²) in [6.45, 7) is 0. The van der Waals surface area contributed by atoms with Crippen molar-refractivity contribution < 1.29 is 9.47 Å². The molecule has 0 spiro atoms. The molecule has 12 rings (SSSR count). The smallest absolute Gasteiger partial charge is 0.177 e. The molecule has 0 saturated heterocycles. The lowest BCUT2D eigenvalue weighted by Crippen LogP contribution is -2.28. The fourth-order valence-electron chi connectivity index (χ4n) is 9.38. The van der Waals surface area contributed by atoms with Crippen LogP contribution in [0.2, 0.25) is 0 Å². The molecule has 0 fully saturated rings. The van der Waals surface area contributed by atoms with E-state index in [9.17, 15) is 0 Å². The van der Waals surface area contributed by atoms with Gasteiger partial charge in [0, 0.05) is 22.3 Å². The van der Waals surface area contributed by atoms with Crippen molar-refractivity contribution in [3.8, 4) is 90.5 Å². The fourth-order valence-corrected chi connectivity index (χ4v) is 9.38. The van der Waals surface area contributed by atoms with Gasteiger partial charge in [-0.25, -0.2) is 15.0 Å². The first-order chi connectivity index (χ1) is 31.2. The second-order valence-electron chi connectivity index (χ2n) is 15.9. The molecule has 1 aromatic heterocycles. The maximum Gasteiger partial charge on any atom is 0.177 e. The second kappa shape index (κ2) is 14.9.